The minimum Gasteiger partial charge on any atom is -0.439 e. The van der Waals surface area contributed by atoms with Gasteiger partial charge in [-0.15, -0.1) is 0 Å². The van der Waals surface area contributed by atoms with Crippen LogP contribution in [0.4, 0.5) is 4.39 Å². The first kappa shape index (κ1) is 12.5. The molecule has 5 heteroatoms. The predicted molar refractivity (Wildman–Crippen MR) is 72.9 cm³/mol. The average molecular weight is 323 g/mol. The standard InChI is InChI=1S/C14H12BrFN2O/c1-8-6-10(16)4-5-11(8)19-13-7-12(15)17-14(18-13)9-2-3-9/h4-7,9H,2-3H2,1H3. The first-order valence-electron chi connectivity index (χ1n) is 6.10. The molecule has 1 fully saturated rings. The van der Waals surface area contributed by atoms with E-state index in [2.05, 4.69) is 25.9 Å². The lowest BCUT2D eigenvalue weighted by molar-refractivity contribution is 0.452. The van der Waals surface area contributed by atoms with Crippen LogP contribution in [-0.4, -0.2) is 9.97 Å². The summed E-state index contributed by atoms with van der Waals surface area (Å²) in [6.45, 7) is 1.80. The van der Waals surface area contributed by atoms with Crippen LogP contribution in [0.25, 0.3) is 0 Å². The molecule has 1 aromatic heterocycles. The van der Waals surface area contributed by atoms with Crippen LogP contribution in [0.1, 0.15) is 30.1 Å². The van der Waals surface area contributed by atoms with Crippen molar-refractivity contribution in [3.8, 4) is 11.6 Å². The Labute approximate surface area is 119 Å². The second kappa shape index (κ2) is 4.89. The van der Waals surface area contributed by atoms with E-state index in [9.17, 15) is 4.39 Å². The second-order valence-electron chi connectivity index (χ2n) is 4.67. The zero-order valence-corrected chi connectivity index (χ0v) is 11.9. The van der Waals surface area contributed by atoms with Crippen LogP contribution in [0.3, 0.4) is 0 Å². The quantitative estimate of drug-likeness (QED) is 0.788. The molecule has 0 spiro atoms. The summed E-state index contributed by atoms with van der Waals surface area (Å²) in [7, 11) is 0. The Kier molecular flexibility index (Phi) is 3.22. The topological polar surface area (TPSA) is 35.0 Å². The Morgan fingerprint density at radius 1 is 1.26 bits per heavy atom. The van der Waals surface area contributed by atoms with Gasteiger partial charge in [-0.2, -0.15) is 4.98 Å². The minimum absolute atomic E-state index is 0.271. The number of aromatic nitrogens is 2. The number of benzene rings is 1. The van der Waals surface area contributed by atoms with E-state index in [1.165, 1.54) is 12.1 Å². The second-order valence-corrected chi connectivity index (χ2v) is 5.49. The van der Waals surface area contributed by atoms with E-state index in [0.717, 1.165) is 24.2 Å². The Balaban J connectivity index is 1.89. The molecule has 1 saturated carbocycles. The van der Waals surface area contributed by atoms with E-state index < -0.39 is 0 Å². The van der Waals surface area contributed by atoms with Gasteiger partial charge in [0, 0.05) is 12.0 Å². The highest BCUT2D eigenvalue weighted by Crippen LogP contribution is 2.39. The van der Waals surface area contributed by atoms with Crippen molar-refractivity contribution in [1.29, 1.82) is 0 Å². The number of halogens is 2. The van der Waals surface area contributed by atoms with E-state index in [4.69, 9.17) is 4.74 Å². The maximum absolute atomic E-state index is 13.0. The predicted octanol–water partition coefficient (Wildman–Crippen LogP) is 4.36. The molecule has 0 bridgehead atoms. The molecule has 19 heavy (non-hydrogen) atoms. The number of hydrogen-bond acceptors (Lipinski definition) is 3. The zero-order valence-electron chi connectivity index (χ0n) is 10.4. The summed E-state index contributed by atoms with van der Waals surface area (Å²) in [6.07, 6.45) is 2.26. The summed E-state index contributed by atoms with van der Waals surface area (Å²) in [5.41, 5.74) is 0.739. The Bertz CT molecular complexity index is 629. The molecule has 0 atom stereocenters. The van der Waals surface area contributed by atoms with Gasteiger partial charge in [0.25, 0.3) is 0 Å². The third kappa shape index (κ3) is 2.92. The van der Waals surface area contributed by atoms with Crippen LogP contribution in [0.2, 0.25) is 0 Å². The molecule has 3 rings (SSSR count). The van der Waals surface area contributed by atoms with Crippen LogP contribution in [0.5, 0.6) is 11.6 Å². The number of rotatable bonds is 3. The molecular weight excluding hydrogens is 311 g/mol. The van der Waals surface area contributed by atoms with Gasteiger partial charge >= 0.3 is 0 Å². The zero-order chi connectivity index (χ0) is 13.4. The van der Waals surface area contributed by atoms with Gasteiger partial charge in [0.1, 0.15) is 22.0 Å². The molecule has 98 valence electrons. The Hall–Kier alpha value is -1.49. The average Bonchev–Trinajstić information content (AvgIpc) is 3.16. The summed E-state index contributed by atoms with van der Waals surface area (Å²) in [4.78, 5) is 8.74. The number of nitrogens with zero attached hydrogens (tertiary/aromatic N) is 2. The molecule has 1 aromatic carbocycles. The highest BCUT2D eigenvalue weighted by atomic mass is 79.9. The Morgan fingerprint density at radius 3 is 2.74 bits per heavy atom. The SMILES string of the molecule is Cc1cc(F)ccc1Oc1cc(Br)nc(C2CC2)n1. The smallest absolute Gasteiger partial charge is 0.223 e. The number of hydrogen-bond donors (Lipinski definition) is 0. The number of aryl methyl sites for hydroxylation is 1. The summed E-state index contributed by atoms with van der Waals surface area (Å²) in [6, 6.07) is 6.14. The van der Waals surface area contributed by atoms with E-state index in [1.54, 1.807) is 19.1 Å². The van der Waals surface area contributed by atoms with Crippen molar-refractivity contribution in [1.82, 2.24) is 9.97 Å². The highest BCUT2D eigenvalue weighted by Gasteiger charge is 2.27. The van der Waals surface area contributed by atoms with E-state index in [0.29, 0.717) is 22.2 Å². The first-order chi connectivity index (χ1) is 9.11. The highest BCUT2D eigenvalue weighted by molar-refractivity contribution is 9.10. The largest absolute Gasteiger partial charge is 0.439 e. The van der Waals surface area contributed by atoms with Gasteiger partial charge in [-0.05, 0) is 59.5 Å². The maximum Gasteiger partial charge on any atom is 0.223 e. The van der Waals surface area contributed by atoms with Crippen LogP contribution in [0.15, 0.2) is 28.9 Å². The lowest BCUT2D eigenvalue weighted by atomic mass is 10.2. The van der Waals surface area contributed by atoms with Gasteiger partial charge in [-0.25, -0.2) is 9.37 Å². The minimum atomic E-state index is -0.271. The van der Waals surface area contributed by atoms with Crippen molar-refractivity contribution in [3.63, 3.8) is 0 Å². The van der Waals surface area contributed by atoms with Gasteiger partial charge in [-0.3, -0.25) is 0 Å². The van der Waals surface area contributed by atoms with Crippen molar-refractivity contribution < 1.29 is 9.13 Å². The van der Waals surface area contributed by atoms with Crippen LogP contribution < -0.4 is 4.74 Å². The lowest BCUT2D eigenvalue weighted by Crippen LogP contribution is -1.97. The molecule has 0 saturated heterocycles. The third-order valence-electron chi connectivity index (χ3n) is 2.98. The molecular formula is C14H12BrFN2O. The van der Waals surface area contributed by atoms with Crippen molar-refractivity contribution in [2.24, 2.45) is 0 Å². The van der Waals surface area contributed by atoms with E-state index in [1.807, 2.05) is 0 Å². The fourth-order valence-electron chi connectivity index (χ4n) is 1.83. The van der Waals surface area contributed by atoms with Crippen LogP contribution in [0, 0.1) is 12.7 Å². The van der Waals surface area contributed by atoms with Crippen molar-refractivity contribution in [2.75, 3.05) is 0 Å². The van der Waals surface area contributed by atoms with Gasteiger partial charge in [-0.1, -0.05) is 0 Å². The molecule has 3 nitrogen and oxygen atoms in total. The van der Waals surface area contributed by atoms with Gasteiger partial charge in [0.15, 0.2) is 0 Å². The maximum atomic E-state index is 13.0. The van der Waals surface area contributed by atoms with Gasteiger partial charge in [0.05, 0.1) is 0 Å². The van der Waals surface area contributed by atoms with Gasteiger partial charge in [0.2, 0.25) is 5.88 Å². The molecule has 0 amide bonds. The van der Waals surface area contributed by atoms with Crippen molar-refractivity contribution >= 4 is 15.9 Å². The molecule has 1 aliphatic rings. The summed E-state index contributed by atoms with van der Waals surface area (Å²) in [5, 5.41) is 0. The van der Waals surface area contributed by atoms with Crippen molar-refractivity contribution in [2.45, 2.75) is 25.7 Å². The molecule has 0 radical (unpaired) electrons. The van der Waals surface area contributed by atoms with Crippen molar-refractivity contribution in [3.05, 3.63) is 46.1 Å². The summed E-state index contributed by atoms with van der Waals surface area (Å²) < 4.78 is 19.5. The molecule has 1 heterocycles. The van der Waals surface area contributed by atoms with Crippen LogP contribution in [-0.2, 0) is 0 Å². The van der Waals surface area contributed by atoms with Gasteiger partial charge < -0.3 is 4.74 Å². The normalized spacial score (nSPS) is 14.5. The van der Waals surface area contributed by atoms with Crippen LogP contribution >= 0.6 is 15.9 Å². The molecule has 2 aromatic rings. The molecule has 0 unspecified atom stereocenters. The fourth-order valence-corrected chi connectivity index (χ4v) is 2.21. The van der Waals surface area contributed by atoms with E-state index in [-0.39, 0.29) is 5.82 Å². The first-order valence-corrected chi connectivity index (χ1v) is 6.89. The summed E-state index contributed by atoms with van der Waals surface area (Å²) in [5.74, 6) is 2.08. The van der Waals surface area contributed by atoms with E-state index >= 15 is 0 Å². The number of ether oxygens (including phenoxy) is 1. The Morgan fingerprint density at radius 2 is 2.05 bits per heavy atom. The third-order valence-corrected chi connectivity index (χ3v) is 3.39. The molecule has 0 aliphatic heterocycles. The lowest BCUT2D eigenvalue weighted by Gasteiger charge is -2.09. The molecule has 0 N–H and O–H groups in total. The summed E-state index contributed by atoms with van der Waals surface area (Å²) >= 11 is 3.36. The fraction of sp³-hybridized carbons (Fsp3) is 0.286. The molecule has 1 aliphatic carbocycles. The monoisotopic (exact) mass is 322 g/mol.